The zero-order chi connectivity index (χ0) is 30.5. The summed E-state index contributed by atoms with van der Waals surface area (Å²) in [6.45, 7) is 0. The van der Waals surface area contributed by atoms with E-state index in [2.05, 4.69) is 98.6 Å². The Morgan fingerprint density at radius 2 is 1.15 bits per heavy atom. The number of para-hydroxylation sites is 1. The van der Waals surface area contributed by atoms with Crippen molar-refractivity contribution in [3.63, 3.8) is 0 Å². The second-order valence-electron chi connectivity index (χ2n) is 10.6. The minimum absolute atomic E-state index is 0. The van der Waals surface area contributed by atoms with Crippen molar-refractivity contribution in [3.8, 4) is 22.5 Å². The molecule has 225 valence electrons. The zero-order valence-electron chi connectivity index (χ0n) is 25.1. The third kappa shape index (κ3) is 5.54. The van der Waals surface area contributed by atoms with Crippen molar-refractivity contribution in [2.75, 3.05) is 11.9 Å². The van der Waals surface area contributed by atoms with Gasteiger partial charge < -0.3 is 14.9 Å². The summed E-state index contributed by atoms with van der Waals surface area (Å²) in [6.07, 6.45) is 11.1. The van der Waals surface area contributed by atoms with E-state index in [-0.39, 0.29) is 20.1 Å². The number of pyridine rings is 4. The van der Waals surface area contributed by atoms with Gasteiger partial charge >= 0.3 is 0 Å². The van der Waals surface area contributed by atoms with E-state index in [0.29, 0.717) is 0 Å². The molecule has 0 fully saturated rings. The molecule has 0 bridgehead atoms. The van der Waals surface area contributed by atoms with Gasteiger partial charge in [0.15, 0.2) is 0 Å². The van der Waals surface area contributed by atoms with E-state index in [0.717, 1.165) is 45.0 Å². The third-order valence-corrected chi connectivity index (χ3v) is 8.18. The normalized spacial score (nSPS) is 12.4. The summed E-state index contributed by atoms with van der Waals surface area (Å²) in [7, 11) is 2.13. The smallest absolute Gasteiger partial charge is 0.0575 e. The Kier molecular flexibility index (Phi) is 9.20. The van der Waals surface area contributed by atoms with Crippen LogP contribution < -0.4 is 4.90 Å². The van der Waals surface area contributed by atoms with E-state index < -0.39 is 5.41 Å². The van der Waals surface area contributed by atoms with E-state index in [4.69, 9.17) is 0 Å². The van der Waals surface area contributed by atoms with Crippen molar-refractivity contribution in [2.45, 2.75) is 5.41 Å². The fraction of sp³-hybridized carbons (Fsp3) is 0.0500. The Hall–Kier alpha value is -5.29. The molecule has 3 aromatic carbocycles. The third-order valence-electron chi connectivity index (χ3n) is 8.18. The first kappa shape index (κ1) is 30.7. The SMILES string of the molecule is CN1c2ccccc2C(c2ccncc2)(c2ccncc2)c2cc[c-]c(-c3ccccn3)c21.[Ir].[c-]1ccccc1-c1ccccn1. The van der Waals surface area contributed by atoms with Gasteiger partial charge in [-0.05, 0) is 76.2 Å². The van der Waals surface area contributed by atoms with Gasteiger partial charge in [-0.1, -0.05) is 48.0 Å². The molecule has 46 heavy (non-hydrogen) atoms. The van der Waals surface area contributed by atoms with Gasteiger partial charge in [-0.25, -0.2) is 0 Å². The summed E-state index contributed by atoms with van der Waals surface area (Å²) in [6, 6.07) is 47.6. The number of nitrogens with zero attached hydrogens (tertiary/aromatic N) is 5. The largest absolute Gasteiger partial charge is 0.384 e. The Labute approximate surface area is 283 Å². The summed E-state index contributed by atoms with van der Waals surface area (Å²) in [5.41, 5.74) is 10.3. The molecular formula is C40H29IrN5-2. The van der Waals surface area contributed by atoms with Crippen LogP contribution >= 0.6 is 0 Å². The van der Waals surface area contributed by atoms with E-state index in [1.807, 2.05) is 97.7 Å². The molecule has 0 saturated carbocycles. The molecule has 1 aliphatic heterocycles. The molecular weight excluding hydrogens is 743 g/mol. The van der Waals surface area contributed by atoms with Gasteiger partial charge in [0.05, 0.1) is 5.41 Å². The number of benzene rings is 3. The maximum Gasteiger partial charge on any atom is 0.0575 e. The number of rotatable bonds is 4. The average molecular weight is 772 g/mol. The molecule has 1 aliphatic rings. The van der Waals surface area contributed by atoms with Crippen LogP contribution in [-0.2, 0) is 25.5 Å². The van der Waals surface area contributed by atoms with Crippen LogP contribution in [0.2, 0.25) is 0 Å². The van der Waals surface area contributed by atoms with Crippen LogP contribution in [-0.4, -0.2) is 27.0 Å². The van der Waals surface area contributed by atoms with Gasteiger partial charge in [-0.3, -0.25) is 9.97 Å². The minimum atomic E-state index is -0.539. The number of hydrogen-bond donors (Lipinski definition) is 0. The minimum Gasteiger partial charge on any atom is -0.384 e. The molecule has 0 saturated heterocycles. The van der Waals surface area contributed by atoms with Crippen LogP contribution in [0.25, 0.3) is 22.5 Å². The van der Waals surface area contributed by atoms with Crippen molar-refractivity contribution >= 4 is 11.4 Å². The Morgan fingerprint density at radius 1 is 0.543 bits per heavy atom. The second-order valence-corrected chi connectivity index (χ2v) is 10.6. The molecule has 0 amide bonds. The molecule has 8 rings (SSSR count). The summed E-state index contributed by atoms with van der Waals surface area (Å²) in [5.74, 6) is 0. The fourth-order valence-electron chi connectivity index (χ4n) is 6.26. The van der Waals surface area contributed by atoms with Gasteiger partial charge in [0.2, 0.25) is 0 Å². The van der Waals surface area contributed by atoms with Crippen LogP contribution in [0.5, 0.6) is 0 Å². The van der Waals surface area contributed by atoms with Gasteiger partial charge in [-0.2, -0.15) is 0 Å². The molecule has 0 unspecified atom stereocenters. The fourth-order valence-corrected chi connectivity index (χ4v) is 6.26. The molecule has 1 radical (unpaired) electrons. The first-order valence-corrected chi connectivity index (χ1v) is 14.8. The Morgan fingerprint density at radius 3 is 1.76 bits per heavy atom. The quantitative estimate of drug-likeness (QED) is 0.169. The number of hydrogen-bond acceptors (Lipinski definition) is 5. The first-order chi connectivity index (χ1) is 22.3. The summed E-state index contributed by atoms with van der Waals surface area (Å²) < 4.78 is 0. The molecule has 0 spiro atoms. The first-order valence-electron chi connectivity index (χ1n) is 14.8. The van der Waals surface area contributed by atoms with Crippen LogP contribution in [0.1, 0.15) is 22.3 Å². The van der Waals surface area contributed by atoms with Gasteiger partial charge in [0.25, 0.3) is 0 Å². The van der Waals surface area contributed by atoms with Crippen LogP contribution in [0, 0.1) is 12.1 Å². The molecule has 5 heterocycles. The molecule has 5 nitrogen and oxygen atoms in total. The molecule has 7 aromatic rings. The predicted molar refractivity (Wildman–Crippen MR) is 179 cm³/mol. The Balaban J connectivity index is 0.000000241. The summed E-state index contributed by atoms with van der Waals surface area (Å²) in [4.78, 5) is 19.8. The average Bonchev–Trinajstić information content (AvgIpc) is 3.14. The number of aromatic nitrogens is 4. The van der Waals surface area contributed by atoms with Crippen molar-refractivity contribution in [1.29, 1.82) is 0 Å². The van der Waals surface area contributed by atoms with E-state index in [9.17, 15) is 0 Å². The Bertz CT molecular complexity index is 1930. The second kappa shape index (κ2) is 13.8. The predicted octanol–water partition coefficient (Wildman–Crippen LogP) is 8.35. The van der Waals surface area contributed by atoms with E-state index >= 15 is 0 Å². The molecule has 6 heteroatoms. The van der Waals surface area contributed by atoms with Crippen molar-refractivity contribution in [3.05, 3.63) is 193 Å². The zero-order valence-corrected chi connectivity index (χ0v) is 27.5. The van der Waals surface area contributed by atoms with Gasteiger partial charge in [-0.15, -0.1) is 59.7 Å². The van der Waals surface area contributed by atoms with Crippen molar-refractivity contribution in [1.82, 2.24) is 19.9 Å². The molecule has 0 N–H and O–H groups in total. The maximum absolute atomic E-state index is 4.66. The topological polar surface area (TPSA) is 54.8 Å². The van der Waals surface area contributed by atoms with E-state index in [1.165, 1.54) is 11.1 Å². The molecule has 0 atom stereocenters. The van der Waals surface area contributed by atoms with Crippen LogP contribution in [0.3, 0.4) is 0 Å². The number of fused-ring (bicyclic) bond motifs is 2. The van der Waals surface area contributed by atoms with Gasteiger partial charge in [0, 0.05) is 70.0 Å². The van der Waals surface area contributed by atoms with Crippen molar-refractivity contribution in [2.24, 2.45) is 0 Å². The van der Waals surface area contributed by atoms with Crippen molar-refractivity contribution < 1.29 is 20.1 Å². The standard InChI is InChI=1S/C29H21N4.C11H8N.Ir/c1-33-27-11-3-2-8-24(27)29(21-12-17-30-18-13-21,22-14-19-31-20-15-22)25-9-6-7-23(28(25)33)26-10-4-5-16-32-26;1-2-6-10(7-3-1)11-8-4-5-9-12-11;/h2-6,8-20H,1H3;1-6,8-9H;/q2*-1;. The summed E-state index contributed by atoms with van der Waals surface area (Å²) >= 11 is 0. The monoisotopic (exact) mass is 772 g/mol. The molecule has 4 aromatic heterocycles. The molecule has 0 aliphatic carbocycles. The van der Waals surface area contributed by atoms with Crippen LogP contribution in [0.15, 0.2) is 159 Å². The number of anilines is 2. The van der Waals surface area contributed by atoms with Gasteiger partial charge in [0.1, 0.15) is 0 Å². The van der Waals surface area contributed by atoms with Crippen LogP contribution in [0.4, 0.5) is 11.4 Å². The maximum atomic E-state index is 4.66. The van der Waals surface area contributed by atoms with E-state index in [1.54, 1.807) is 6.20 Å². The summed E-state index contributed by atoms with van der Waals surface area (Å²) in [5, 5.41) is 0.